The van der Waals surface area contributed by atoms with Crippen molar-refractivity contribution in [2.75, 3.05) is 19.8 Å². The van der Waals surface area contributed by atoms with Crippen LogP contribution in [0, 0.1) is 0 Å². The number of rotatable bonds is 63. The van der Waals surface area contributed by atoms with Crippen LogP contribution in [0.15, 0.2) is 97.2 Å². The topological polar surface area (TPSA) is 228 Å². The van der Waals surface area contributed by atoms with Gasteiger partial charge in [-0.3, -0.25) is 4.79 Å². The Kier molecular flexibility index (Phi) is 58.6. The Hall–Kier alpha value is -3.09. The number of hydrogen-bond donors (Lipinski definition) is 9. The maximum atomic E-state index is 13.4. The summed E-state index contributed by atoms with van der Waals surface area (Å²) in [6, 6.07) is -0.839. The van der Waals surface area contributed by atoms with Crippen LogP contribution in [-0.4, -0.2) is 140 Å². The minimum Gasteiger partial charge on any atom is -0.394 e. The van der Waals surface area contributed by atoms with E-state index >= 15 is 0 Å². The van der Waals surface area contributed by atoms with Crippen LogP contribution in [0.2, 0.25) is 0 Å². The fourth-order valence-electron chi connectivity index (χ4n) is 12.3. The highest BCUT2D eigenvalue weighted by Crippen LogP contribution is 2.30. The predicted octanol–water partition coefficient (Wildman–Crippen LogP) is 16.9. The van der Waals surface area contributed by atoms with Crippen LogP contribution in [0.3, 0.4) is 0 Å². The SMILES string of the molecule is CC/C=C\C/C=C\C/C=C\C/C=C\C/C=C\C/C=C\C/C=C\C/C=C\CCCCCCCCCCCCC(=O)NC(COC1OC(CO)C(OC2OC(CO)C(O)C(O)C2O)C(O)C1O)C(O)CCCCCCCCCCCCCCCCCCCCCCCCCCC. The second-order valence-electron chi connectivity index (χ2n) is 26.8. The molecule has 2 aliphatic rings. The lowest BCUT2D eigenvalue weighted by atomic mass is 9.97. The fourth-order valence-corrected chi connectivity index (χ4v) is 12.3. The Balaban J connectivity index is 1.64. The zero-order valence-electron chi connectivity index (χ0n) is 59.4. The first kappa shape index (κ1) is 87.0. The van der Waals surface area contributed by atoms with Gasteiger partial charge in [-0.1, -0.05) is 323 Å². The predicted molar refractivity (Wildman–Crippen MR) is 387 cm³/mol. The van der Waals surface area contributed by atoms with E-state index in [0.717, 1.165) is 103 Å². The largest absolute Gasteiger partial charge is 0.394 e. The molecular weight excluding hydrogens is 1180 g/mol. The second-order valence-corrected chi connectivity index (χ2v) is 26.8. The molecule has 544 valence electrons. The van der Waals surface area contributed by atoms with E-state index in [-0.39, 0.29) is 12.5 Å². The molecule has 0 aromatic heterocycles. The number of aliphatic hydroxyl groups excluding tert-OH is 8. The standard InChI is InChI=1S/C80H141NO13/c1-3-5-7-9-11-13-15-17-19-21-23-25-27-29-30-31-32-33-34-35-36-37-38-40-42-44-46-48-50-52-54-56-58-60-62-64-72(85)81-68(67-91-79-77(90)75(88)78(71(66-83)93-79)94-80-76(89)74(87)73(86)70(65-82)92-80)69(84)63-61-59-57-55-53-51-49-47-45-43-41-39-28-26-24-22-20-18-16-14-12-10-8-6-4-2/h5,7,11,13,17,19,23,25,29-30,32-33,35-36,38,40,68-71,73-80,82-84,86-90H,3-4,6,8-10,12,14-16,18,20-22,24,26-28,31,34,37,39,41-67H2,1-2H3,(H,81,85)/b7-5-,13-11-,19-17-,25-23-,30-29-,33-32-,36-35-,40-38-. The molecule has 14 heteroatoms. The number of hydrogen-bond acceptors (Lipinski definition) is 13. The number of ether oxygens (including phenoxy) is 4. The molecule has 2 fully saturated rings. The van der Waals surface area contributed by atoms with Gasteiger partial charge in [-0.2, -0.15) is 0 Å². The summed E-state index contributed by atoms with van der Waals surface area (Å²) in [4.78, 5) is 13.4. The first-order valence-electron chi connectivity index (χ1n) is 38.5. The van der Waals surface area contributed by atoms with Gasteiger partial charge in [-0.05, 0) is 77.0 Å². The van der Waals surface area contributed by atoms with Gasteiger partial charge < -0.3 is 65.1 Å². The molecule has 2 aliphatic heterocycles. The second kappa shape index (κ2) is 63.4. The lowest BCUT2D eigenvalue weighted by Gasteiger charge is -2.46. The minimum absolute atomic E-state index is 0.211. The van der Waals surface area contributed by atoms with Crippen molar-refractivity contribution in [1.29, 1.82) is 0 Å². The monoisotopic (exact) mass is 1320 g/mol. The van der Waals surface area contributed by atoms with Crippen LogP contribution in [0.25, 0.3) is 0 Å². The zero-order chi connectivity index (χ0) is 68.0. The minimum atomic E-state index is -1.79. The molecule has 0 saturated carbocycles. The van der Waals surface area contributed by atoms with E-state index in [2.05, 4.69) is 116 Å². The Morgan fingerprint density at radius 2 is 0.734 bits per heavy atom. The molecule has 0 radical (unpaired) electrons. The molecule has 2 heterocycles. The molecule has 1 amide bonds. The van der Waals surface area contributed by atoms with Gasteiger partial charge in [-0.25, -0.2) is 0 Å². The molecule has 0 spiro atoms. The van der Waals surface area contributed by atoms with Crippen LogP contribution in [0.1, 0.15) is 309 Å². The van der Waals surface area contributed by atoms with Crippen LogP contribution in [-0.2, 0) is 23.7 Å². The molecule has 9 N–H and O–H groups in total. The molecule has 0 aliphatic carbocycles. The molecule has 0 aromatic rings. The van der Waals surface area contributed by atoms with Crippen molar-refractivity contribution >= 4 is 5.91 Å². The molecule has 2 rings (SSSR count). The molecule has 14 nitrogen and oxygen atoms in total. The Morgan fingerprint density at radius 3 is 1.13 bits per heavy atom. The van der Waals surface area contributed by atoms with Crippen LogP contribution in [0.5, 0.6) is 0 Å². The van der Waals surface area contributed by atoms with Crippen molar-refractivity contribution in [3.8, 4) is 0 Å². The Bertz CT molecular complexity index is 1950. The van der Waals surface area contributed by atoms with E-state index in [1.54, 1.807) is 0 Å². The van der Waals surface area contributed by atoms with Crippen LogP contribution < -0.4 is 5.32 Å². The number of carbonyl (C=O) groups excluding carboxylic acids is 1. The van der Waals surface area contributed by atoms with Gasteiger partial charge >= 0.3 is 0 Å². The van der Waals surface area contributed by atoms with Crippen LogP contribution >= 0.6 is 0 Å². The molecule has 0 bridgehead atoms. The van der Waals surface area contributed by atoms with Crippen molar-refractivity contribution in [1.82, 2.24) is 5.32 Å². The van der Waals surface area contributed by atoms with Gasteiger partial charge in [0, 0.05) is 6.42 Å². The number of aliphatic hydroxyl groups is 8. The average Bonchev–Trinajstić information content (AvgIpc) is 0.794. The quantitative estimate of drug-likeness (QED) is 0.0204. The average molecular weight is 1330 g/mol. The van der Waals surface area contributed by atoms with E-state index in [1.165, 1.54) is 173 Å². The van der Waals surface area contributed by atoms with Gasteiger partial charge in [0.1, 0.15) is 48.8 Å². The molecular formula is C80H141NO13. The van der Waals surface area contributed by atoms with E-state index in [4.69, 9.17) is 18.9 Å². The van der Waals surface area contributed by atoms with Crippen LogP contribution in [0.4, 0.5) is 0 Å². The first-order valence-corrected chi connectivity index (χ1v) is 38.5. The maximum absolute atomic E-state index is 13.4. The normalized spacial score (nSPS) is 23.0. The smallest absolute Gasteiger partial charge is 0.220 e. The molecule has 0 aromatic carbocycles. The number of carbonyl (C=O) groups is 1. The van der Waals surface area contributed by atoms with Gasteiger partial charge in [-0.15, -0.1) is 0 Å². The number of allylic oxidation sites excluding steroid dienone is 16. The molecule has 2 saturated heterocycles. The van der Waals surface area contributed by atoms with Crippen molar-refractivity contribution in [3.63, 3.8) is 0 Å². The molecule has 12 atom stereocenters. The third-order valence-electron chi connectivity index (χ3n) is 18.3. The summed E-state index contributed by atoms with van der Waals surface area (Å²) in [5.74, 6) is -0.211. The summed E-state index contributed by atoms with van der Waals surface area (Å²) in [5, 5.41) is 87.8. The maximum Gasteiger partial charge on any atom is 0.220 e. The van der Waals surface area contributed by atoms with Crippen molar-refractivity contribution in [2.24, 2.45) is 0 Å². The Labute approximate surface area is 573 Å². The third-order valence-corrected chi connectivity index (χ3v) is 18.3. The lowest BCUT2D eigenvalue weighted by Crippen LogP contribution is -2.65. The van der Waals surface area contributed by atoms with Gasteiger partial charge in [0.2, 0.25) is 5.91 Å². The number of unbranched alkanes of at least 4 members (excludes halogenated alkanes) is 34. The lowest BCUT2D eigenvalue weighted by molar-refractivity contribution is -0.359. The summed E-state index contributed by atoms with van der Waals surface area (Å²) in [5.41, 5.74) is 0. The van der Waals surface area contributed by atoms with E-state index in [1.807, 2.05) is 0 Å². The van der Waals surface area contributed by atoms with Gasteiger partial charge in [0.05, 0.1) is 32.0 Å². The summed E-state index contributed by atoms with van der Waals surface area (Å²) in [6.07, 6.45) is 72.8. The number of amides is 1. The first-order chi connectivity index (χ1) is 46.1. The molecule has 94 heavy (non-hydrogen) atoms. The van der Waals surface area contributed by atoms with Gasteiger partial charge in [0.15, 0.2) is 12.6 Å². The van der Waals surface area contributed by atoms with E-state index in [0.29, 0.717) is 19.3 Å². The summed E-state index contributed by atoms with van der Waals surface area (Å²) < 4.78 is 23.0. The fraction of sp³-hybridized carbons (Fsp3) is 0.787. The molecule has 12 unspecified atom stereocenters. The summed E-state index contributed by atoms with van der Waals surface area (Å²) in [6.45, 7) is 2.78. The van der Waals surface area contributed by atoms with Crippen molar-refractivity contribution in [3.05, 3.63) is 97.2 Å². The number of nitrogens with one attached hydrogen (secondary N) is 1. The third kappa shape index (κ3) is 46.2. The highest BCUT2D eigenvalue weighted by molar-refractivity contribution is 5.76. The van der Waals surface area contributed by atoms with Gasteiger partial charge in [0.25, 0.3) is 0 Å². The van der Waals surface area contributed by atoms with Crippen molar-refractivity contribution in [2.45, 2.75) is 383 Å². The zero-order valence-corrected chi connectivity index (χ0v) is 59.4. The summed E-state index contributed by atoms with van der Waals surface area (Å²) in [7, 11) is 0. The summed E-state index contributed by atoms with van der Waals surface area (Å²) >= 11 is 0. The highest BCUT2D eigenvalue weighted by Gasteiger charge is 2.51. The highest BCUT2D eigenvalue weighted by atomic mass is 16.7. The van der Waals surface area contributed by atoms with Crippen molar-refractivity contribution < 1.29 is 64.6 Å². The Morgan fingerprint density at radius 1 is 0.394 bits per heavy atom. The van der Waals surface area contributed by atoms with E-state index < -0.39 is 86.8 Å². The van der Waals surface area contributed by atoms with E-state index in [9.17, 15) is 45.6 Å².